The first kappa shape index (κ1) is 15.7. The van der Waals surface area contributed by atoms with Crippen molar-refractivity contribution in [3.05, 3.63) is 70.7 Å². The maximum absolute atomic E-state index is 12.5. The molecule has 24 heavy (non-hydrogen) atoms. The Bertz CT molecular complexity index is 928. The van der Waals surface area contributed by atoms with Crippen molar-refractivity contribution in [2.45, 2.75) is 0 Å². The molecule has 3 rings (SSSR count). The van der Waals surface area contributed by atoms with E-state index in [1.54, 1.807) is 55.8 Å². The molecule has 1 heterocycles. The highest BCUT2D eigenvalue weighted by Gasteiger charge is 2.14. The van der Waals surface area contributed by atoms with Crippen LogP contribution in [-0.2, 0) is 0 Å². The fourth-order valence-electron chi connectivity index (χ4n) is 2.13. The Morgan fingerprint density at radius 3 is 2.88 bits per heavy atom. The molecule has 0 radical (unpaired) electrons. The summed E-state index contributed by atoms with van der Waals surface area (Å²) in [5.41, 5.74) is 1.86. The molecule has 5 nitrogen and oxygen atoms in total. The van der Waals surface area contributed by atoms with Gasteiger partial charge in [-0.05, 0) is 30.3 Å². The summed E-state index contributed by atoms with van der Waals surface area (Å²) < 4.78 is 5.14. The highest BCUT2D eigenvalue weighted by molar-refractivity contribution is 7.17. The first-order valence-electron chi connectivity index (χ1n) is 7.11. The zero-order valence-electron chi connectivity index (χ0n) is 12.8. The lowest BCUT2D eigenvalue weighted by Gasteiger charge is -2.02. The number of ketones is 1. The van der Waals surface area contributed by atoms with Crippen LogP contribution in [0.2, 0.25) is 0 Å². The molecule has 0 atom stereocenters. The van der Waals surface area contributed by atoms with E-state index in [0.29, 0.717) is 26.9 Å². The van der Waals surface area contributed by atoms with Gasteiger partial charge in [0.05, 0.1) is 29.8 Å². The molecule has 118 valence electrons. The average Bonchev–Trinajstić information content (AvgIpc) is 3.09. The fraction of sp³-hybridized carbons (Fsp3) is 0.0556. The van der Waals surface area contributed by atoms with Crippen molar-refractivity contribution in [1.29, 1.82) is 5.26 Å². The Hall–Kier alpha value is -3.17. The molecule has 0 unspecified atom stereocenters. The summed E-state index contributed by atoms with van der Waals surface area (Å²) in [4.78, 5) is 17.3. The third kappa shape index (κ3) is 3.42. The number of hydrogen-bond acceptors (Lipinski definition) is 6. The molecule has 0 spiro atoms. The number of methoxy groups -OCH3 is 1. The Morgan fingerprint density at radius 1 is 1.25 bits per heavy atom. The van der Waals surface area contributed by atoms with E-state index in [1.165, 1.54) is 11.3 Å². The number of thiazole rings is 1. The molecule has 0 aliphatic rings. The van der Waals surface area contributed by atoms with E-state index in [0.717, 1.165) is 5.69 Å². The predicted octanol–water partition coefficient (Wildman–Crippen LogP) is 4.00. The second kappa shape index (κ2) is 6.94. The van der Waals surface area contributed by atoms with Crippen molar-refractivity contribution in [1.82, 2.24) is 4.98 Å². The number of nitriles is 1. The van der Waals surface area contributed by atoms with Crippen LogP contribution in [0.5, 0.6) is 5.75 Å². The quantitative estimate of drug-likeness (QED) is 0.713. The van der Waals surface area contributed by atoms with Gasteiger partial charge in [0, 0.05) is 11.3 Å². The van der Waals surface area contributed by atoms with Gasteiger partial charge in [-0.15, -0.1) is 0 Å². The Morgan fingerprint density at radius 2 is 2.08 bits per heavy atom. The van der Waals surface area contributed by atoms with Gasteiger partial charge in [0.1, 0.15) is 5.75 Å². The number of hydrogen-bond donors (Lipinski definition) is 1. The summed E-state index contributed by atoms with van der Waals surface area (Å²) in [6.45, 7) is 0. The molecular weight excluding hydrogens is 322 g/mol. The topological polar surface area (TPSA) is 75.0 Å². The van der Waals surface area contributed by atoms with E-state index in [-0.39, 0.29) is 5.78 Å². The van der Waals surface area contributed by atoms with Crippen LogP contribution in [0.15, 0.2) is 54.7 Å². The number of ether oxygens (including phenoxy) is 1. The maximum Gasteiger partial charge on any atom is 0.204 e. The molecular formula is C18H13N3O2S. The van der Waals surface area contributed by atoms with E-state index in [2.05, 4.69) is 16.4 Å². The lowest BCUT2D eigenvalue weighted by Crippen LogP contribution is -1.98. The van der Waals surface area contributed by atoms with Crippen LogP contribution in [0.4, 0.5) is 10.8 Å². The zero-order chi connectivity index (χ0) is 16.9. The molecule has 0 aliphatic carbocycles. The summed E-state index contributed by atoms with van der Waals surface area (Å²) in [6.07, 6.45) is 1.54. The summed E-state index contributed by atoms with van der Waals surface area (Å²) in [5.74, 6) is 0.530. The number of aromatic nitrogens is 1. The van der Waals surface area contributed by atoms with Crippen molar-refractivity contribution < 1.29 is 9.53 Å². The highest BCUT2D eigenvalue weighted by atomic mass is 32.1. The van der Waals surface area contributed by atoms with E-state index < -0.39 is 0 Å². The number of benzene rings is 2. The van der Waals surface area contributed by atoms with E-state index in [9.17, 15) is 4.79 Å². The van der Waals surface area contributed by atoms with Crippen molar-refractivity contribution in [3.8, 4) is 11.8 Å². The molecule has 0 bridgehead atoms. The minimum absolute atomic E-state index is 0.106. The second-order valence-corrected chi connectivity index (χ2v) is 5.94. The third-order valence-electron chi connectivity index (χ3n) is 3.30. The van der Waals surface area contributed by atoms with Gasteiger partial charge < -0.3 is 10.1 Å². The first-order valence-corrected chi connectivity index (χ1v) is 7.93. The number of anilines is 2. The molecule has 3 aromatic rings. The van der Waals surface area contributed by atoms with Crippen LogP contribution < -0.4 is 10.1 Å². The van der Waals surface area contributed by atoms with Gasteiger partial charge >= 0.3 is 0 Å². The van der Waals surface area contributed by atoms with E-state index >= 15 is 0 Å². The van der Waals surface area contributed by atoms with E-state index in [4.69, 9.17) is 10.00 Å². The van der Waals surface area contributed by atoms with Crippen LogP contribution in [0, 0.1) is 11.3 Å². The Balaban J connectivity index is 1.79. The number of nitrogens with one attached hydrogen (secondary N) is 1. The molecule has 0 fully saturated rings. The van der Waals surface area contributed by atoms with Crippen molar-refractivity contribution in [3.63, 3.8) is 0 Å². The minimum Gasteiger partial charge on any atom is -0.497 e. The Labute approximate surface area is 143 Å². The summed E-state index contributed by atoms with van der Waals surface area (Å²) >= 11 is 1.26. The van der Waals surface area contributed by atoms with Gasteiger partial charge in [-0.3, -0.25) is 4.79 Å². The number of carbonyl (C=O) groups is 1. The summed E-state index contributed by atoms with van der Waals surface area (Å²) in [7, 11) is 1.56. The fourth-order valence-corrected chi connectivity index (χ4v) is 2.93. The molecule has 0 amide bonds. The molecule has 1 aromatic heterocycles. The summed E-state index contributed by atoms with van der Waals surface area (Å²) in [6, 6.07) is 16.2. The molecule has 0 aliphatic heterocycles. The monoisotopic (exact) mass is 335 g/mol. The molecule has 0 saturated carbocycles. The van der Waals surface area contributed by atoms with Gasteiger partial charge in [0.25, 0.3) is 0 Å². The van der Waals surface area contributed by atoms with Gasteiger partial charge in [-0.25, -0.2) is 4.98 Å². The SMILES string of the molecule is COc1cccc(C(=O)c2cnc(Nc3cccc(C#N)c3)s2)c1. The van der Waals surface area contributed by atoms with Crippen LogP contribution in [0.25, 0.3) is 0 Å². The van der Waals surface area contributed by atoms with Crippen molar-refractivity contribution in [2.24, 2.45) is 0 Å². The normalized spacial score (nSPS) is 10.0. The van der Waals surface area contributed by atoms with Crippen LogP contribution in [0.3, 0.4) is 0 Å². The lowest BCUT2D eigenvalue weighted by molar-refractivity contribution is 0.104. The second-order valence-electron chi connectivity index (χ2n) is 4.91. The zero-order valence-corrected chi connectivity index (χ0v) is 13.6. The largest absolute Gasteiger partial charge is 0.497 e. The van der Waals surface area contributed by atoms with Crippen molar-refractivity contribution >= 4 is 27.9 Å². The molecule has 1 N–H and O–H groups in total. The molecule has 6 heteroatoms. The van der Waals surface area contributed by atoms with Crippen LogP contribution >= 0.6 is 11.3 Å². The Kier molecular flexibility index (Phi) is 4.54. The highest BCUT2D eigenvalue weighted by Crippen LogP contribution is 2.25. The summed E-state index contributed by atoms with van der Waals surface area (Å²) in [5, 5.41) is 12.6. The first-order chi connectivity index (χ1) is 11.7. The minimum atomic E-state index is -0.106. The van der Waals surface area contributed by atoms with Gasteiger partial charge in [-0.1, -0.05) is 29.5 Å². The van der Waals surface area contributed by atoms with Crippen LogP contribution in [-0.4, -0.2) is 17.9 Å². The number of carbonyl (C=O) groups excluding carboxylic acids is 1. The third-order valence-corrected chi connectivity index (χ3v) is 4.22. The van der Waals surface area contributed by atoms with Gasteiger partial charge in [0.2, 0.25) is 5.78 Å². The average molecular weight is 335 g/mol. The van der Waals surface area contributed by atoms with Gasteiger partial charge in [-0.2, -0.15) is 5.26 Å². The predicted molar refractivity (Wildman–Crippen MR) is 93.0 cm³/mol. The molecule has 0 saturated heterocycles. The number of rotatable bonds is 5. The van der Waals surface area contributed by atoms with Crippen molar-refractivity contribution in [2.75, 3.05) is 12.4 Å². The van der Waals surface area contributed by atoms with E-state index in [1.807, 2.05) is 6.07 Å². The molecule has 2 aromatic carbocycles. The maximum atomic E-state index is 12.5. The standard InChI is InChI=1S/C18H13N3O2S/c1-23-15-7-3-5-13(9-15)17(22)16-11-20-18(24-16)21-14-6-2-4-12(8-14)10-19/h2-9,11H,1H3,(H,20,21). The van der Waals surface area contributed by atoms with Crippen LogP contribution in [0.1, 0.15) is 20.8 Å². The number of nitrogens with zero attached hydrogens (tertiary/aromatic N) is 2. The van der Waals surface area contributed by atoms with Gasteiger partial charge in [0.15, 0.2) is 5.13 Å². The lowest BCUT2D eigenvalue weighted by atomic mass is 10.1. The smallest absolute Gasteiger partial charge is 0.204 e.